The number of amides is 1. The van der Waals surface area contributed by atoms with Gasteiger partial charge < -0.3 is 24.6 Å². The molecule has 2 heterocycles. The molecule has 1 saturated heterocycles. The molecule has 2 aliphatic heterocycles. The van der Waals surface area contributed by atoms with E-state index in [9.17, 15) is 18.3 Å². The predicted molar refractivity (Wildman–Crippen MR) is 133 cm³/mol. The molecule has 2 aromatic rings. The number of β-amino-alcohol motifs (C(OH)–C–C–N with tert-alkyl or cyclic N) is 1. The van der Waals surface area contributed by atoms with E-state index in [-0.39, 0.29) is 16.7 Å². The van der Waals surface area contributed by atoms with Gasteiger partial charge in [0.15, 0.2) is 11.5 Å². The molecule has 10 nitrogen and oxygen atoms in total. The number of primary sulfonamides is 1. The van der Waals surface area contributed by atoms with Crippen molar-refractivity contribution in [2.24, 2.45) is 11.1 Å². The number of likely N-dealkylation sites (tertiary alicyclic amines) is 1. The van der Waals surface area contributed by atoms with E-state index in [0.717, 1.165) is 24.9 Å². The molecular weight excluding hydrogens is 486 g/mol. The van der Waals surface area contributed by atoms with Gasteiger partial charge in [-0.1, -0.05) is 6.07 Å². The van der Waals surface area contributed by atoms with Crippen molar-refractivity contribution in [3.63, 3.8) is 0 Å². The van der Waals surface area contributed by atoms with Gasteiger partial charge in [-0.3, -0.25) is 9.69 Å². The van der Waals surface area contributed by atoms with Crippen molar-refractivity contribution < 1.29 is 32.5 Å². The molecule has 0 aromatic heterocycles. The third-order valence-electron chi connectivity index (χ3n) is 6.49. The van der Waals surface area contributed by atoms with Gasteiger partial charge in [-0.2, -0.15) is 0 Å². The first-order valence-electron chi connectivity index (χ1n) is 12.1. The van der Waals surface area contributed by atoms with Crippen LogP contribution in [0.15, 0.2) is 41.3 Å². The minimum absolute atomic E-state index is 0.0331. The van der Waals surface area contributed by atoms with E-state index < -0.39 is 16.1 Å². The lowest BCUT2D eigenvalue weighted by atomic mass is 9.93. The molecule has 4 rings (SSSR count). The number of benzene rings is 2. The van der Waals surface area contributed by atoms with E-state index in [1.165, 1.54) is 12.1 Å². The van der Waals surface area contributed by atoms with Crippen molar-refractivity contribution >= 4 is 15.9 Å². The number of nitrogens with zero attached hydrogens (tertiary/aromatic N) is 1. The molecule has 0 aliphatic carbocycles. The smallest absolute Gasteiger partial charge is 0.255 e. The maximum atomic E-state index is 12.9. The lowest BCUT2D eigenvalue weighted by Crippen LogP contribution is -2.48. The first-order valence-corrected chi connectivity index (χ1v) is 13.6. The van der Waals surface area contributed by atoms with Gasteiger partial charge >= 0.3 is 0 Å². The van der Waals surface area contributed by atoms with Gasteiger partial charge in [-0.05, 0) is 55.8 Å². The lowest BCUT2D eigenvalue weighted by Gasteiger charge is -2.35. The zero-order valence-electron chi connectivity index (χ0n) is 20.3. The normalized spacial score (nSPS) is 20.4. The largest absolute Gasteiger partial charge is 0.492 e. The summed E-state index contributed by atoms with van der Waals surface area (Å²) in [5.74, 6) is 1.35. The van der Waals surface area contributed by atoms with Crippen LogP contribution in [0.3, 0.4) is 0 Å². The van der Waals surface area contributed by atoms with Crippen LogP contribution in [0.25, 0.3) is 0 Å². The number of aryl methyl sites for hydroxylation is 1. The summed E-state index contributed by atoms with van der Waals surface area (Å²) in [6, 6.07) is 9.54. The van der Waals surface area contributed by atoms with Crippen molar-refractivity contribution in [2.75, 3.05) is 46.0 Å². The van der Waals surface area contributed by atoms with Gasteiger partial charge in [0.2, 0.25) is 10.0 Å². The van der Waals surface area contributed by atoms with Crippen LogP contribution in [0.4, 0.5) is 0 Å². The maximum Gasteiger partial charge on any atom is 0.255 e. The molecule has 1 amide bonds. The fraction of sp³-hybridized carbons (Fsp3) is 0.480. The highest BCUT2D eigenvalue weighted by atomic mass is 32.2. The number of aliphatic hydroxyl groups excluding tert-OH is 1. The van der Waals surface area contributed by atoms with Gasteiger partial charge in [0.1, 0.15) is 12.4 Å². The molecule has 11 heteroatoms. The number of rotatable bonds is 8. The summed E-state index contributed by atoms with van der Waals surface area (Å²) in [6.45, 7) is 5.59. The minimum atomic E-state index is -3.73. The number of fused-ring (bicyclic) bond motifs is 1. The van der Waals surface area contributed by atoms with E-state index in [1.54, 1.807) is 18.2 Å². The molecule has 4 N–H and O–H groups in total. The topological polar surface area (TPSA) is 140 Å². The van der Waals surface area contributed by atoms with Crippen molar-refractivity contribution in [1.82, 2.24) is 10.2 Å². The van der Waals surface area contributed by atoms with E-state index >= 15 is 0 Å². The predicted octanol–water partition coefficient (Wildman–Crippen LogP) is 1.30. The molecule has 2 atom stereocenters. The summed E-state index contributed by atoms with van der Waals surface area (Å²) in [5, 5.41) is 18.7. The number of carbonyl (C=O) groups is 1. The van der Waals surface area contributed by atoms with E-state index in [1.807, 2.05) is 13.0 Å². The van der Waals surface area contributed by atoms with Gasteiger partial charge in [-0.15, -0.1) is 0 Å². The Labute approximate surface area is 211 Å². The Balaban J connectivity index is 1.23. The highest BCUT2D eigenvalue weighted by Gasteiger charge is 2.29. The molecule has 1 fully saturated rings. The molecule has 0 unspecified atom stereocenters. The first kappa shape index (κ1) is 26.2. The molecular formula is C25H33N3O7S. The number of ether oxygens (including phenoxy) is 3. The highest BCUT2D eigenvalue weighted by molar-refractivity contribution is 7.89. The number of sulfonamides is 1. The summed E-state index contributed by atoms with van der Waals surface area (Å²) in [5.41, 5.74) is 1.37. The molecule has 2 aliphatic rings. The van der Waals surface area contributed by atoms with Crippen LogP contribution in [0.5, 0.6) is 17.2 Å². The lowest BCUT2D eigenvalue weighted by molar-refractivity contribution is 0.0178. The number of nitrogens with one attached hydrogen (secondary N) is 1. The summed E-state index contributed by atoms with van der Waals surface area (Å²) < 4.78 is 40.0. The Bertz CT molecular complexity index is 1170. The Morgan fingerprint density at radius 3 is 2.58 bits per heavy atom. The third-order valence-corrected chi connectivity index (χ3v) is 7.42. The molecule has 2 aromatic carbocycles. The standard InChI is InChI=1S/C25H33N3O7S/c1-17-3-8-21(24-23(17)34-12-2-13-35-24)25(30)27-15-18-9-10-28(16-22(18)29)11-14-33-19-4-6-20(7-5-19)36(26,31)32/h3-8,18,22,29H,2,9-16H2,1H3,(H,27,30)(H2,26,31,32)/t18-,22+/m0/s1. The van der Waals surface area contributed by atoms with Crippen LogP contribution in [0.1, 0.15) is 28.8 Å². The van der Waals surface area contributed by atoms with Gasteiger partial charge in [0.05, 0.1) is 29.8 Å². The number of hydrogen-bond acceptors (Lipinski definition) is 8. The Kier molecular flexibility index (Phi) is 8.35. The maximum absolute atomic E-state index is 12.9. The second kappa shape index (κ2) is 11.5. The SMILES string of the molecule is Cc1ccc(C(=O)NC[C@@H]2CCN(CCOc3ccc(S(N)(=O)=O)cc3)C[C@H]2O)c2c1OCCCO2. The van der Waals surface area contributed by atoms with Crippen LogP contribution in [0, 0.1) is 12.8 Å². The number of nitrogens with two attached hydrogens (primary N) is 1. The minimum Gasteiger partial charge on any atom is -0.492 e. The highest BCUT2D eigenvalue weighted by Crippen LogP contribution is 2.36. The zero-order chi connectivity index (χ0) is 25.7. The summed E-state index contributed by atoms with van der Waals surface area (Å²) in [4.78, 5) is 15.0. The molecule has 36 heavy (non-hydrogen) atoms. The van der Waals surface area contributed by atoms with Gasteiger partial charge in [0.25, 0.3) is 5.91 Å². The number of aliphatic hydroxyl groups is 1. The Hall–Kier alpha value is -2.86. The van der Waals surface area contributed by atoms with Crippen molar-refractivity contribution in [2.45, 2.75) is 30.8 Å². The summed E-state index contributed by atoms with van der Waals surface area (Å²) in [7, 11) is -3.73. The van der Waals surface area contributed by atoms with Crippen molar-refractivity contribution in [3.05, 3.63) is 47.5 Å². The zero-order valence-corrected chi connectivity index (χ0v) is 21.1. The van der Waals surface area contributed by atoms with E-state index in [0.29, 0.717) is 62.3 Å². The second-order valence-corrected chi connectivity index (χ2v) is 10.7. The van der Waals surface area contributed by atoms with Gasteiger partial charge in [0, 0.05) is 32.0 Å². The van der Waals surface area contributed by atoms with Crippen LogP contribution in [-0.2, 0) is 10.0 Å². The third kappa shape index (κ3) is 6.47. The average molecular weight is 520 g/mol. The monoisotopic (exact) mass is 519 g/mol. The Morgan fingerprint density at radius 1 is 1.17 bits per heavy atom. The molecule has 0 bridgehead atoms. The van der Waals surface area contributed by atoms with Crippen molar-refractivity contribution in [1.29, 1.82) is 0 Å². The first-order chi connectivity index (χ1) is 17.2. The number of piperidine rings is 1. The van der Waals surface area contributed by atoms with Crippen LogP contribution in [-0.4, -0.2) is 76.4 Å². The molecule has 0 radical (unpaired) electrons. The van der Waals surface area contributed by atoms with Crippen LogP contribution < -0.4 is 24.7 Å². The van der Waals surface area contributed by atoms with Crippen LogP contribution >= 0.6 is 0 Å². The Morgan fingerprint density at radius 2 is 1.89 bits per heavy atom. The fourth-order valence-corrected chi connectivity index (χ4v) is 4.91. The fourth-order valence-electron chi connectivity index (χ4n) is 4.39. The van der Waals surface area contributed by atoms with Gasteiger partial charge in [-0.25, -0.2) is 13.6 Å². The quantitative estimate of drug-likeness (QED) is 0.474. The summed E-state index contributed by atoms with van der Waals surface area (Å²) in [6.07, 6.45) is 0.911. The molecule has 196 valence electrons. The molecule has 0 saturated carbocycles. The summed E-state index contributed by atoms with van der Waals surface area (Å²) >= 11 is 0. The second-order valence-electron chi connectivity index (χ2n) is 9.13. The number of carbonyl (C=O) groups excluding carboxylic acids is 1. The van der Waals surface area contributed by atoms with Crippen molar-refractivity contribution in [3.8, 4) is 17.2 Å². The molecule has 0 spiro atoms. The average Bonchev–Trinajstić information content (AvgIpc) is 3.10. The van der Waals surface area contributed by atoms with E-state index in [4.69, 9.17) is 19.3 Å². The van der Waals surface area contributed by atoms with E-state index in [2.05, 4.69) is 10.2 Å². The van der Waals surface area contributed by atoms with Crippen LogP contribution in [0.2, 0.25) is 0 Å². The number of hydrogen-bond donors (Lipinski definition) is 3.